The Kier molecular flexibility index (Phi) is 4.95. The molecule has 0 bridgehead atoms. The molecule has 0 unspecified atom stereocenters. The number of halogens is 1. The lowest BCUT2D eigenvalue weighted by Gasteiger charge is -2.43. The number of hydrogen-bond donors (Lipinski definition) is 1. The lowest BCUT2D eigenvalue weighted by atomic mass is 9.79. The lowest BCUT2D eigenvalue weighted by molar-refractivity contribution is 0.386. The van der Waals surface area contributed by atoms with E-state index in [0.29, 0.717) is 5.11 Å². The molecule has 0 radical (unpaired) electrons. The van der Waals surface area contributed by atoms with Gasteiger partial charge in [0.1, 0.15) is 11.4 Å². The summed E-state index contributed by atoms with van der Waals surface area (Å²) in [6, 6.07) is 14.3. The van der Waals surface area contributed by atoms with Crippen LogP contribution in [0.4, 0.5) is 11.4 Å². The standard InChI is InChI=1S/C22H24ClN3S/c1-15-7-6-8-16(2)19(15)24-20-22(13-4-3-5-14-22)26(21(27)25-20)18-11-9-17(23)10-12-18/h6-12H,3-5,13-14H2,1-2H3,(H,24,25,27). The van der Waals surface area contributed by atoms with Crippen molar-refractivity contribution in [2.45, 2.75) is 51.5 Å². The molecular weight excluding hydrogens is 374 g/mol. The highest BCUT2D eigenvalue weighted by Gasteiger charge is 2.49. The van der Waals surface area contributed by atoms with Crippen LogP contribution in [0.3, 0.4) is 0 Å². The van der Waals surface area contributed by atoms with Crippen molar-refractivity contribution in [1.82, 2.24) is 0 Å². The summed E-state index contributed by atoms with van der Waals surface area (Å²) in [5, 5.41) is 5.04. The van der Waals surface area contributed by atoms with Crippen LogP contribution in [0.2, 0.25) is 5.02 Å². The van der Waals surface area contributed by atoms with E-state index in [1.807, 2.05) is 24.3 Å². The van der Waals surface area contributed by atoms with Crippen LogP contribution in [0.15, 0.2) is 47.5 Å². The zero-order chi connectivity index (χ0) is 19.0. The molecule has 0 aromatic heterocycles. The number of amidine groups is 1. The molecule has 3 nitrogen and oxygen atoms in total. The molecule has 2 aliphatic rings. The smallest absolute Gasteiger partial charge is 0.202 e. The Hall–Kier alpha value is -1.91. The first kappa shape index (κ1) is 18.5. The van der Waals surface area contributed by atoms with Gasteiger partial charge in [-0.2, -0.15) is 0 Å². The minimum Gasteiger partial charge on any atom is -0.341 e. The summed E-state index contributed by atoms with van der Waals surface area (Å²) >= 11 is 11.8. The van der Waals surface area contributed by atoms with Gasteiger partial charge in [0.2, 0.25) is 5.11 Å². The lowest BCUT2D eigenvalue weighted by Crippen LogP contribution is -2.55. The van der Waals surface area contributed by atoms with Gasteiger partial charge in [-0.05, 0) is 74.3 Å². The first-order chi connectivity index (χ1) is 13.0. The zero-order valence-electron chi connectivity index (χ0n) is 15.8. The van der Waals surface area contributed by atoms with Crippen LogP contribution >= 0.6 is 23.8 Å². The summed E-state index contributed by atoms with van der Waals surface area (Å²) in [5.41, 5.74) is 4.45. The van der Waals surface area contributed by atoms with Gasteiger partial charge in [0.15, 0.2) is 0 Å². The number of nitrogens with one attached hydrogen (secondary N) is 1. The number of nitrogens with zero attached hydrogens (tertiary/aromatic N) is 2. The summed E-state index contributed by atoms with van der Waals surface area (Å²) in [6.45, 7) is 4.27. The monoisotopic (exact) mass is 397 g/mol. The molecule has 1 spiro atoms. The molecule has 0 saturated heterocycles. The molecule has 2 aromatic carbocycles. The van der Waals surface area contributed by atoms with Gasteiger partial charge in [-0.3, -0.25) is 0 Å². The maximum absolute atomic E-state index is 6.11. The van der Waals surface area contributed by atoms with Crippen LogP contribution in [-0.4, -0.2) is 16.5 Å². The topological polar surface area (TPSA) is 27.6 Å². The second-order valence-electron chi connectivity index (χ2n) is 7.54. The normalized spacial score (nSPS) is 18.7. The van der Waals surface area contributed by atoms with Crippen LogP contribution in [-0.2, 0) is 0 Å². The van der Waals surface area contributed by atoms with Crippen LogP contribution in [0, 0.1) is 13.8 Å². The molecule has 1 aliphatic heterocycles. The third-order valence-corrected chi connectivity index (χ3v) is 6.28. The molecule has 0 atom stereocenters. The molecule has 4 rings (SSSR count). The molecule has 5 heteroatoms. The minimum atomic E-state index is -0.197. The molecular formula is C22H24ClN3S. The predicted molar refractivity (Wildman–Crippen MR) is 119 cm³/mol. The van der Waals surface area contributed by atoms with Crippen molar-refractivity contribution in [1.29, 1.82) is 0 Å². The van der Waals surface area contributed by atoms with E-state index < -0.39 is 0 Å². The molecule has 1 saturated carbocycles. The van der Waals surface area contributed by atoms with Crippen molar-refractivity contribution in [2.24, 2.45) is 4.99 Å². The van der Waals surface area contributed by atoms with E-state index in [0.717, 1.165) is 35.1 Å². The van der Waals surface area contributed by atoms with Crippen molar-refractivity contribution in [3.63, 3.8) is 0 Å². The van der Waals surface area contributed by atoms with Gasteiger partial charge in [0.25, 0.3) is 0 Å². The first-order valence-electron chi connectivity index (χ1n) is 9.53. The minimum absolute atomic E-state index is 0.197. The molecule has 1 heterocycles. The molecule has 1 fully saturated rings. The Bertz CT molecular complexity index is 878. The molecule has 140 valence electrons. The Morgan fingerprint density at radius 3 is 2.26 bits per heavy atom. The fourth-order valence-corrected chi connectivity index (χ4v) is 4.86. The van der Waals surface area contributed by atoms with Crippen molar-refractivity contribution in [2.75, 3.05) is 10.2 Å². The van der Waals surface area contributed by atoms with Gasteiger partial charge in [-0.25, -0.2) is 4.99 Å². The number of benzene rings is 2. The Morgan fingerprint density at radius 2 is 1.63 bits per heavy atom. The van der Waals surface area contributed by atoms with E-state index in [9.17, 15) is 0 Å². The highest BCUT2D eigenvalue weighted by molar-refractivity contribution is 7.80. The highest BCUT2D eigenvalue weighted by atomic mass is 35.5. The Labute approximate surface area is 171 Å². The van der Waals surface area contributed by atoms with E-state index in [4.69, 9.17) is 28.8 Å². The third kappa shape index (κ3) is 3.26. The third-order valence-electron chi connectivity index (χ3n) is 5.76. The van der Waals surface area contributed by atoms with E-state index in [1.165, 1.54) is 30.4 Å². The van der Waals surface area contributed by atoms with Gasteiger partial charge in [-0.1, -0.05) is 49.1 Å². The average Bonchev–Trinajstić information content (AvgIpc) is 2.91. The summed E-state index contributed by atoms with van der Waals surface area (Å²) < 4.78 is 0. The summed E-state index contributed by atoms with van der Waals surface area (Å²) in [7, 11) is 0. The van der Waals surface area contributed by atoms with Crippen molar-refractivity contribution in [3.8, 4) is 0 Å². The fraction of sp³-hybridized carbons (Fsp3) is 0.364. The van der Waals surface area contributed by atoms with Gasteiger partial charge in [0.05, 0.1) is 0 Å². The highest BCUT2D eigenvalue weighted by Crippen LogP contribution is 2.42. The molecule has 0 amide bonds. The van der Waals surface area contributed by atoms with Gasteiger partial charge in [-0.15, -0.1) is 0 Å². The van der Waals surface area contributed by atoms with E-state index in [-0.39, 0.29) is 5.54 Å². The van der Waals surface area contributed by atoms with Gasteiger partial charge >= 0.3 is 0 Å². The number of para-hydroxylation sites is 1. The number of rotatable bonds is 2. The molecule has 1 N–H and O–H groups in total. The predicted octanol–water partition coefficient (Wildman–Crippen LogP) is 6.28. The summed E-state index contributed by atoms with van der Waals surface area (Å²) in [5.74, 6) is 0.986. The fourth-order valence-electron chi connectivity index (χ4n) is 4.36. The largest absolute Gasteiger partial charge is 0.341 e. The number of aliphatic imine (C=N–C) groups is 1. The van der Waals surface area contributed by atoms with Crippen LogP contribution in [0.5, 0.6) is 0 Å². The summed E-state index contributed by atoms with van der Waals surface area (Å²) in [6.07, 6.45) is 5.72. The average molecular weight is 398 g/mol. The van der Waals surface area contributed by atoms with E-state index in [2.05, 4.69) is 42.3 Å². The van der Waals surface area contributed by atoms with E-state index in [1.54, 1.807) is 0 Å². The maximum Gasteiger partial charge on any atom is 0.202 e. The Balaban J connectivity index is 1.76. The number of anilines is 2. The summed E-state index contributed by atoms with van der Waals surface area (Å²) in [4.78, 5) is 7.10. The quantitative estimate of drug-likeness (QED) is 0.604. The SMILES string of the molecule is Cc1cccc(C)c1NC1=NC(=S)N(c2ccc(Cl)cc2)C12CCCCC2. The number of hydrogen-bond acceptors (Lipinski definition) is 2. The zero-order valence-corrected chi connectivity index (χ0v) is 17.3. The molecule has 1 aliphatic carbocycles. The van der Waals surface area contributed by atoms with Gasteiger partial charge in [0, 0.05) is 16.4 Å². The van der Waals surface area contributed by atoms with Crippen LogP contribution in [0.25, 0.3) is 0 Å². The maximum atomic E-state index is 6.11. The molecule has 27 heavy (non-hydrogen) atoms. The van der Waals surface area contributed by atoms with Crippen molar-refractivity contribution in [3.05, 3.63) is 58.6 Å². The number of thiocarbonyl (C=S) groups is 1. The number of aryl methyl sites for hydroxylation is 2. The van der Waals surface area contributed by atoms with Crippen LogP contribution < -0.4 is 10.2 Å². The second kappa shape index (κ2) is 7.25. The van der Waals surface area contributed by atoms with Crippen LogP contribution in [0.1, 0.15) is 43.2 Å². The van der Waals surface area contributed by atoms with Gasteiger partial charge < -0.3 is 10.2 Å². The second-order valence-corrected chi connectivity index (χ2v) is 8.34. The van der Waals surface area contributed by atoms with Crippen molar-refractivity contribution >= 4 is 46.1 Å². The Morgan fingerprint density at radius 1 is 1.00 bits per heavy atom. The first-order valence-corrected chi connectivity index (χ1v) is 10.3. The van der Waals surface area contributed by atoms with Crippen molar-refractivity contribution < 1.29 is 0 Å². The van der Waals surface area contributed by atoms with E-state index >= 15 is 0 Å². The molecule has 2 aromatic rings.